The monoisotopic (exact) mass is 237 g/mol. The van der Waals surface area contributed by atoms with Crippen LogP contribution in [-0.4, -0.2) is 25.2 Å². The molecule has 0 aromatic heterocycles. The summed E-state index contributed by atoms with van der Waals surface area (Å²) in [6.45, 7) is 3.93. The van der Waals surface area contributed by atoms with E-state index in [0.29, 0.717) is 6.42 Å². The molecule has 0 amide bonds. The highest BCUT2D eigenvalue weighted by Gasteiger charge is 2.14. The Morgan fingerprint density at radius 3 is 2.71 bits per heavy atom. The van der Waals surface area contributed by atoms with Gasteiger partial charge in [-0.25, -0.2) is 0 Å². The number of carbonyl (C=O) groups excluding carboxylic acids is 1. The number of ether oxygens (including phenoxy) is 2. The summed E-state index contributed by atoms with van der Waals surface area (Å²) < 4.78 is 10.2. The maximum absolute atomic E-state index is 11.2. The van der Waals surface area contributed by atoms with Gasteiger partial charge in [0.2, 0.25) is 0 Å². The summed E-state index contributed by atoms with van der Waals surface area (Å²) in [5.74, 6) is 0.384. The minimum absolute atomic E-state index is 0.125. The van der Waals surface area contributed by atoms with E-state index in [4.69, 9.17) is 10.5 Å². The van der Waals surface area contributed by atoms with Crippen molar-refractivity contribution < 1.29 is 14.3 Å². The van der Waals surface area contributed by atoms with Crippen molar-refractivity contribution in [2.24, 2.45) is 5.73 Å². The second kappa shape index (κ2) is 6.25. The minimum atomic E-state index is -0.630. The maximum Gasteiger partial charge on any atom is 0.322 e. The van der Waals surface area contributed by atoms with Crippen LogP contribution in [0.3, 0.4) is 0 Å². The Balaban J connectivity index is 2.68. The van der Waals surface area contributed by atoms with Crippen LogP contribution < -0.4 is 10.5 Å². The molecule has 94 valence electrons. The van der Waals surface area contributed by atoms with Crippen molar-refractivity contribution in [1.29, 1.82) is 0 Å². The van der Waals surface area contributed by atoms with E-state index < -0.39 is 12.0 Å². The molecule has 0 fully saturated rings. The number of carbonyl (C=O) groups is 1. The van der Waals surface area contributed by atoms with Gasteiger partial charge in [-0.3, -0.25) is 4.79 Å². The smallest absolute Gasteiger partial charge is 0.322 e. The predicted molar refractivity (Wildman–Crippen MR) is 65.9 cm³/mol. The molecule has 1 rings (SSSR count). The third-order valence-corrected chi connectivity index (χ3v) is 2.23. The summed E-state index contributed by atoms with van der Waals surface area (Å²) in [4.78, 5) is 11.2. The summed E-state index contributed by atoms with van der Waals surface area (Å²) >= 11 is 0. The van der Waals surface area contributed by atoms with Crippen LogP contribution in [0.1, 0.15) is 19.4 Å². The largest absolute Gasteiger partial charge is 0.491 e. The molecule has 0 unspecified atom stereocenters. The molecular formula is C13H19NO3. The number of hydrogen-bond donors (Lipinski definition) is 1. The van der Waals surface area contributed by atoms with Crippen molar-refractivity contribution in [3.8, 4) is 5.75 Å². The second-order valence-electron chi connectivity index (χ2n) is 4.15. The second-order valence-corrected chi connectivity index (χ2v) is 4.15. The molecule has 0 saturated carbocycles. The van der Waals surface area contributed by atoms with Gasteiger partial charge in [0.05, 0.1) is 13.2 Å². The first kappa shape index (κ1) is 13.5. The lowest BCUT2D eigenvalue weighted by Crippen LogP contribution is -2.33. The van der Waals surface area contributed by atoms with Gasteiger partial charge in [-0.05, 0) is 38.0 Å². The predicted octanol–water partition coefficient (Wildman–Crippen LogP) is 1.52. The average molecular weight is 237 g/mol. The Bertz CT molecular complexity index is 377. The molecule has 0 heterocycles. The molecule has 0 bridgehead atoms. The van der Waals surface area contributed by atoms with Crippen molar-refractivity contribution in [2.75, 3.05) is 7.11 Å². The van der Waals surface area contributed by atoms with Crippen LogP contribution in [0, 0.1) is 0 Å². The van der Waals surface area contributed by atoms with Crippen LogP contribution in [-0.2, 0) is 16.0 Å². The first-order valence-electron chi connectivity index (χ1n) is 5.62. The Morgan fingerprint density at radius 2 is 2.12 bits per heavy atom. The third-order valence-electron chi connectivity index (χ3n) is 2.23. The van der Waals surface area contributed by atoms with Gasteiger partial charge in [0.15, 0.2) is 0 Å². The van der Waals surface area contributed by atoms with E-state index in [1.807, 2.05) is 38.1 Å². The molecule has 0 aliphatic rings. The van der Waals surface area contributed by atoms with Crippen LogP contribution in [0.15, 0.2) is 24.3 Å². The number of methoxy groups -OCH3 is 1. The third kappa shape index (κ3) is 4.44. The van der Waals surface area contributed by atoms with Crippen molar-refractivity contribution in [3.05, 3.63) is 29.8 Å². The van der Waals surface area contributed by atoms with Gasteiger partial charge >= 0.3 is 5.97 Å². The van der Waals surface area contributed by atoms with E-state index in [1.165, 1.54) is 7.11 Å². The zero-order valence-corrected chi connectivity index (χ0v) is 10.5. The summed E-state index contributed by atoms with van der Waals surface area (Å²) in [5, 5.41) is 0. The standard InChI is InChI=1S/C13H19NO3/c1-9(2)17-11-6-4-5-10(7-11)8-12(14)13(15)16-3/h4-7,9,12H,8,14H2,1-3H3/t12-/m1/s1. The number of esters is 1. The highest BCUT2D eigenvalue weighted by molar-refractivity contribution is 5.75. The molecular weight excluding hydrogens is 218 g/mol. The van der Waals surface area contributed by atoms with Crippen molar-refractivity contribution in [1.82, 2.24) is 0 Å². The number of rotatable bonds is 5. The summed E-state index contributed by atoms with van der Waals surface area (Å²) in [5.41, 5.74) is 6.66. The fourth-order valence-corrected chi connectivity index (χ4v) is 1.51. The molecule has 0 aliphatic carbocycles. The van der Waals surface area contributed by atoms with Crippen LogP contribution >= 0.6 is 0 Å². The van der Waals surface area contributed by atoms with Gasteiger partial charge in [0, 0.05) is 0 Å². The van der Waals surface area contributed by atoms with E-state index in [-0.39, 0.29) is 6.10 Å². The van der Waals surface area contributed by atoms with E-state index in [2.05, 4.69) is 4.74 Å². The summed E-state index contributed by atoms with van der Waals surface area (Å²) in [6, 6.07) is 6.94. The number of hydrogen-bond acceptors (Lipinski definition) is 4. The van der Waals surface area contributed by atoms with Crippen LogP contribution in [0.5, 0.6) is 5.75 Å². The lowest BCUT2D eigenvalue weighted by Gasteiger charge is -2.12. The lowest BCUT2D eigenvalue weighted by molar-refractivity contribution is -0.142. The fraction of sp³-hybridized carbons (Fsp3) is 0.462. The molecule has 0 spiro atoms. The molecule has 17 heavy (non-hydrogen) atoms. The Morgan fingerprint density at radius 1 is 1.41 bits per heavy atom. The Hall–Kier alpha value is -1.55. The number of nitrogens with two attached hydrogens (primary N) is 1. The van der Waals surface area contributed by atoms with Gasteiger partial charge in [0.1, 0.15) is 11.8 Å². The van der Waals surface area contributed by atoms with E-state index in [0.717, 1.165) is 11.3 Å². The molecule has 1 aromatic rings. The van der Waals surface area contributed by atoms with E-state index in [9.17, 15) is 4.79 Å². The van der Waals surface area contributed by atoms with E-state index in [1.54, 1.807) is 0 Å². The molecule has 0 aliphatic heterocycles. The summed E-state index contributed by atoms with van der Waals surface area (Å²) in [6.07, 6.45) is 0.571. The minimum Gasteiger partial charge on any atom is -0.491 e. The van der Waals surface area contributed by atoms with Crippen LogP contribution in [0.2, 0.25) is 0 Å². The first-order chi connectivity index (χ1) is 8.02. The zero-order chi connectivity index (χ0) is 12.8. The Kier molecular flexibility index (Phi) is 4.97. The highest BCUT2D eigenvalue weighted by Crippen LogP contribution is 2.16. The van der Waals surface area contributed by atoms with Gasteiger partial charge in [-0.15, -0.1) is 0 Å². The fourth-order valence-electron chi connectivity index (χ4n) is 1.51. The normalized spacial score (nSPS) is 12.3. The first-order valence-corrected chi connectivity index (χ1v) is 5.62. The van der Waals surface area contributed by atoms with Gasteiger partial charge in [0.25, 0.3) is 0 Å². The van der Waals surface area contributed by atoms with Crippen molar-refractivity contribution in [2.45, 2.75) is 32.4 Å². The van der Waals surface area contributed by atoms with Crippen LogP contribution in [0.4, 0.5) is 0 Å². The van der Waals surface area contributed by atoms with Gasteiger partial charge in [-0.2, -0.15) is 0 Å². The average Bonchev–Trinajstić information content (AvgIpc) is 2.27. The number of benzene rings is 1. The molecule has 1 atom stereocenters. The molecule has 1 aromatic carbocycles. The molecule has 4 nitrogen and oxygen atoms in total. The van der Waals surface area contributed by atoms with Crippen molar-refractivity contribution >= 4 is 5.97 Å². The SMILES string of the molecule is COC(=O)[C@H](N)Cc1cccc(OC(C)C)c1. The zero-order valence-electron chi connectivity index (χ0n) is 10.5. The molecule has 0 saturated heterocycles. The molecule has 0 radical (unpaired) electrons. The van der Waals surface area contributed by atoms with Gasteiger partial charge < -0.3 is 15.2 Å². The van der Waals surface area contributed by atoms with Crippen LogP contribution in [0.25, 0.3) is 0 Å². The summed E-state index contributed by atoms with van der Waals surface area (Å²) in [7, 11) is 1.33. The topological polar surface area (TPSA) is 61.5 Å². The Labute approximate surface area is 102 Å². The quantitative estimate of drug-likeness (QED) is 0.789. The molecule has 2 N–H and O–H groups in total. The van der Waals surface area contributed by atoms with Gasteiger partial charge in [-0.1, -0.05) is 12.1 Å². The highest BCUT2D eigenvalue weighted by atomic mass is 16.5. The van der Waals surface area contributed by atoms with E-state index >= 15 is 0 Å². The molecule has 4 heteroatoms. The van der Waals surface area contributed by atoms with Crippen molar-refractivity contribution in [3.63, 3.8) is 0 Å². The maximum atomic E-state index is 11.2. The lowest BCUT2D eigenvalue weighted by atomic mass is 10.1.